The van der Waals surface area contributed by atoms with Crippen LogP contribution in [0.2, 0.25) is 0 Å². The van der Waals surface area contributed by atoms with Gasteiger partial charge in [0.25, 0.3) is 0 Å². The van der Waals surface area contributed by atoms with E-state index in [-0.39, 0.29) is 6.10 Å². The molecule has 0 radical (unpaired) electrons. The summed E-state index contributed by atoms with van der Waals surface area (Å²) in [5.74, 6) is 0. The molecule has 1 saturated heterocycles. The molecule has 4 nitrogen and oxygen atoms in total. The van der Waals surface area contributed by atoms with E-state index in [0.29, 0.717) is 6.04 Å². The lowest BCUT2D eigenvalue weighted by molar-refractivity contribution is -0.127. The van der Waals surface area contributed by atoms with Gasteiger partial charge in [-0.3, -0.25) is 0 Å². The second kappa shape index (κ2) is 4.77. The standard InChI is InChI=1S/C8H18N2O2/c1-6(12-7(2)11)8-5-9-3-4-10-8/h6-11H,3-5H2,1-2H3. The van der Waals surface area contributed by atoms with Crippen LogP contribution in [-0.2, 0) is 4.74 Å². The number of aliphatic hydroxyl groups is 1. The predicted molar refractivity (Wildman–Crippen MR) is 46.9 cm³/mol. The Kier molecular flexibility index (Phi) is 3.94. The van der Waals surface area contributed by atoms with Crippen molar-refractivity contribution in [2.24, 2.45) is 0 Å². The maximum atomic E-state index is 8.98. The van der Waals surface area contributed by atoms with E-state index in [2.05, 4.69) is 10.6 Å². The summed E-state index contributed by atoms with van der Waals surface area (Å²) in [6.07, 6.45) is -0.624. The molecule has 1 aliphatic heterocycles. The van der Waals surface area contributed by atoms with Crippen LogP contribution in [0.5, 0.6) is 0 Å². The van der Waals surface area contributed by atoms with Gasteiger partial charge in [0.1, 0.15) is 0 Å². The predicted octanol–water partition coefficient (Wildman–Crippen LogP) is -0.709. The molecule has 0 bridgehead atoms. The first-order valence-electron chi connectivity index (χ1n) is 4.48. The number of hydrogen-bond acceptors (Lipinski definition) is 4. The highest BCUT2D eigenvalue weighted by Crippen LogP contribution is 2.02. The largest absolute Gasteiger partial charge is 0.368 e. The third-order valence-electron chi connectivity index (χ3n) is 2.05. The van der Waals surface area contributed by atoms with Crippen LogP contribution in [0.1, 0.15) is 13.8 Å². The lowest BCUT2D eigenvalue weighted by atomic mass is 10.1. The lowest BCUT2D eigenvalue weighted by Gasteiger charge is -2.30. The van der Waals surface area contributed by atoms with Gasteiger partial charge in [0.05, 0.1) is 6.10 Å². The molecule has 3 unspecified atom stereocenters. The molecule has 4 heteroatoms. The van der Waals surface area contributed by atoms with Gasteiger partial charge < -0.3 is 20.5 Å². The quantitative estimate of drug-likeness (QED) is 0.495. The summed E-state index contributed by atoms with van der Waals surface area (Å²) in [5, 5.41) is 15.6. The first-order valence-corrected chi connectivity index (χ1v) is 4.48. The van der Waals surface area contributed by atoms with Crippen molar-refractivity contribution in [2.45, 2.75) is 32.3 Å². The molecule has 1 heterocycles. The molecule has 1 rings (SSSR count). The Hall–Kier alpha value is -0.160. The number of ether oxygens (including phenoxy) is 1. The highest BCUT2D eigenvalue weighted by atomic mass is 16.6. The summed E-state index contributed by atoms with van der Waals surface area (Å²) in [6, 6.07) is 0.313. The Balaban J connectivity index is 2.24. The van der Waals surface area contributed by atoms with E-state index >= 15 is 0 Å². The molecule has 0 aliphatic carbocycles. The van der Waals surface area contributed by atoms with Crippen LogP contribution in [0, 0.1) is 0 Å². The van der Waals surface area contributed by atoms with Gasteiger partial charge in [-0.15, -0.1) is 0 Å². The van der Waals surface area contributed by atoms with Gasteiger partial charge in [0.2, 0.25) is 0 Å². The summed E-state index contributed by atoms with van der Waals surface area (Å²) in [4.78, 5) is 0. The van der Waals surface area contributed by atoms with Crippen molar-refractivity contribution < 1.29 is 9.84 Å². The molecule has 0 amide bonds. The van der Waals surface area contributed by atoms with Crippen LogP contribution in [0.3, 0.4) is 0 Å². The number of nitrogens with one attached hydrogen (secondary N) is 2. The maximum absolute atomic E-state index is 8.98. The summed E-state index contributed by atoms with van der Waals surface area (Å²) in [5.41, 5.74) is 0. The van der Waals surface area contributed by atoms with Crippen LogP contribution >= 0.6 is 0 Å². The lowest BCUT2D eigenvalue weighted by Crippen LogP contribution is -2.54. The van der Waals surface area contributed by atoms with Crippen molar-refractivity contribution in [3.8, 4) is 0 Å². The molecule has 3 atom stereocenters. The molecular weight excluding hydrogens is 156 g/mol. The zero-order valence-corrected chi connectivity index (χ0v) is 7.71. The molecule has 0 aromatic rings. The Morgan fingerprint density at radius 1 is 1.42 bits per heavy atom. The average Bonchev–Trinajstić information content (AvgIpc) is 2.05. The summed E-state index contributed by atoms with van der Waals surface area (Å²) in [6.45, 7) is 6.49. The van der Waals surface area contributed by atoms with Crippen molar-refractivity contribution in [3.05, 3.63) is 0 Å². The van der Waals surface area contributed by atoms with E-state index in [1.807, 2.05) is 6.92 Å². The van der Waals surface area contributed by atoms with E-state index in [4.69, 9.17) is 9.84 Å². The first kappa shape index (κ1) is 9.92. The number of rotatable bonds is 3. The Labute approximate surface area is 73.3 Å². The van der Waals surface area contributed by atoms with Crippen molar-refractivity contribution in [2.75, 3.05) is 19.6 Å². The molecule has 0 spiro atoms. The average molecular weight is 174 g/mol. The summed E-state index contributed by atoms with van der Waals surface area (Å²) in [7, 11) is 0. The van der Waals surface area contributed by atoms with Crippen LogP contribution < -0.4 is 10.6 Å². The Bertz CT molecular complexity index is 124. The SMILES string of the molecule is CC(O)OC(C)C1CNCCN1. The number of aliphatic hydroxyl groups excluding tert-OH is 1. The van der Waals surface area contributed by atoms with Crippen LogP contribution in [0.25, 0.3) is 0 Å². The highest BCUT2D eigenvalue weighted by molar-refractivity contribution is 4.80. The zero-order valence-electron chi connectivity index (χ0n) is 7.71. The molecular formula is C8H18N2O2. The van der Waals surface area contributed by atoms with Gasteiger partial charge >= 0.3 is 0 Å². The molecule has 12 heavy (non-hydrogen) atoms. The zero-order chi connectivity index (χ0) is 8.97. The number of hydrogen-bond donors (Lipinski definition) is 3. The Morgan fingerprint density at radius 3 is 2.67 bits per heavy atom. The van der Waals surface area contributed by atoms with Crippen molar-refractivity contribution >= 4 is 0 Å². The van der Waals surface area contributed by atoms with Crippen LogP contribution in [-0.4, -0.2) is 43.2 Å². The third kappa shape index (κ3) is 3.06. The fraction of sp³-hybridized carbons (Fsp3) is 1.00. The van der Waals surface area contributed by atoms with E-state index in [9.17, 15) is 0 Å². The van der Waals surface area contributed by atoms with Gasteiger partial charge in [-0.1, -0.05) is 0 Å². The molecule has 0 aromatic carbocycles. The van der Waals surface area contributed by atoms with E-state index in [1.165, 1.54) is 0 Å². The summed E-state index contributed by atoms with van der Waals surface area (Å²) >= 11 is 0. The fourth-order valence-electron chi connectivity index (χ4n) is 1.41. The summed E-state index contributed by atoms with van der Waals surface area (Å²) < 4.78 is 5.24. The minimum atomic E-state index is -0.677. The minimum absolute atomic E-state index is 0.0535. The Morgan fingerprint density at radius 2 is 2.17 bits per heavy atom. The van der Waals surface area contributed by atoms with Crippen molar-refractivity contribution in [1.29, 1.82) is 0 Å². The second-order valence-corrected chi connectivity index (χ2v) is 3.21. The smallest absolute Gasteiger partial charge is 0.152 e. The first-order chi connectivity index (χ1) is 5.70. The molecule has 72 valence electrons. The third-order valence-corrected chi connectivity index (χ3v) is 2.05. The molecule has 3 N–H and O–H groups in total. The van der Waals surface area contributed by atoms with Crippen LogP contribution in [0.15, 0.2) is 0 Å². The van der Waals surface area contributed by atoms with Gasteiger partial charge in [-0.05, 0) is 13.8 Å². The number of piperazine rings is 1. The van der Waals surface area contributed by atoms with Gasteiger partial charge in [0.15, 0.2) is 6.29 Å². The molecule has 0 saturated carbocycles. The maximum Gasteiger partial charge on any atom is 0.152 e. The van der Waals surface area contributed by atoms with E-state index < -0.39 is 6.29 Å². The molecule has 1 aliphatic rings. The topological polar surface area (TPSA) is 53.5 Å². The van der Waals surface area contributed by atoms with Gasteiger partial charge in [-0.2, -0.15) is 0 Å². The van der Waals surface area contributed by atoms with Crippen molar-refractivity contribution in [1.82, 2.24) is 10.6 Å². The molecule has 1 fully saturated rings. The van der Waals surface area contributed by atoms with E-state index in [0.717, 1.165) is 19.6 Å². The fourth-order valence-corrected chi connectivity index (χ4v) is 1.41. The van der Waals surface area contributed by atoms with Gasteiger partial charge in [-0.25, -0.2) is 0 Å². The van der Waals surface area contributed by atoms with Crippen LogP contribution in [0.4, 0.5) is 0 Å². The highest BCUT2D eigenvalue weighted by Gasteiger charge is 2.20. The van der Waals surface area contributed by atoms with E-state index in [1.54, 1.807) is 6.92 Å². The minimum Gasteiger partial charge on any atom is -0.368 e. The van der Waals surface area contributed by atoms with Gasteiger partial charge in [0, 0.05) is 25.7 Å². The molecule has 0 aromatic heterocycles. The monoisotopic (exact) mass is 174 g/mol. The second-order valence-electron chi connectivity index (χ2n) is 3.21. The normalized spacial score (nSPS) is 29.8. The van der Waals surface area contributed by atoms with Crippen molar-refractivity contribution in [3.63, 3.8) is 0 Å².